The van der Waals surface area contributed by atoms with Crippen LogP contribution in [0.5, 0.6) is 0 Å². The van der Waals surface area contributed by atoms with Crippen molar-refractivity contribution in [3.63, 3.8) is 0 Å². The van der Waals surface area contributed by atoms with Crippen LogP contribution in [0, 0.1) is 18.8 Å². The maximum Gasteiger partial charge on any atom is 0.251 e. The quantitative estimate of drug-likeness (QED) is 0.843. The fourth-order valence-electron chi connectivity index (χ4n) is 2.28. The van der Waals surface area contributed by atoms with Gasteiger partial charge in [0.2, 0.25) is 0 Å². The maximum atomic E-state index is 12.4. The zero-order valence-electron chi connectivity index (χ0n) is 12.3. The molecule has 0 aliphatic carbocycles. The summed E-state index contributed by atoms with van der Waals surface area (Å²) in [6.45, 7) is 2.00. The van der Waals surface area contributed by atoms with Crippen molar-refractivity contribution in [2.24, 2.45) is 0 Å². The molecule has 1 saturated heterocycles. The monoisotopic (exact) mass is 303 g/mol. The molecule has 1 aliphatic heterocycles. The summed E-state index contributed by atoms with van der Waals surface area (Å²) in [6.07, 6.45) is 2.68. The van der Waals surface area contributed by atoms with Gasteiger partial charge in [-0.1, -0.05) is 17.9 Å². The molecule has 2 N–H and O–H groups in total. The largest absolute Gasteiger partial charge is 0.395 e. The number of rotatable bonds is 3. The van der Waals surface area contributed by atoms with Crippen LogP contribution >= 0.6 is 11.8 Å². The van der Waals surface area contributed by atoms with Gasteiger partial charge in [-0.15, -0.1) is 0 Å². The molecule has 0 aromatic heterocycles. The Morgan fingerprint density at radius 1 is 1.52 bits per heavy atom. The minimum Gasteiger partial charge on any atom is -0.395 e. The Morgan fingerprint density at radius 2 is 2.38 bits per heavy atom. The molecule has 2 rings (SSSR count). The highest BCUT2D eigenvalue weighted by Gasteiger charge is 2.18. The van der Waals surface area contributed by atoms with Crippen molar-refractivity contribution in [2.75, 3.05) is 18.1 Å². The average molecular weight is 303 g/mol. The highest BCUT2D eigenvalue weighted by atomic mass is 32.2. The number of aliphatic hydroxyl groups is 1. The summed E-state index contributed by atoms with van der Waals surface area (Å²) in [5, 5.41) is 11.9. The number of carbonyl (C=O) groups is 1. The van der Waals surface area contributed by atoms with Crippen LogP contribution < -0.4 is 5.32 Å². The molecule has 0 spiro atoms. The standard InChI is InChI=1S/C17H21NO2S/c1-13-7-8-14(5-2-3-9-19)11-16(13)17(20)18-15-6-4-10-21-12-15/h7-8,11,15,19H,3-4,6,9-10,12H2,1H3,(H,18,20). The second-order valence-corrected chi connectivity index (χ2v) is 6.34. The number of aliphatic hydroxyl groups excluding tert-OH is 1. The maximum absolute atomic E-state index is 12.4. The van der Waals surface area contributed by atoms with Crippen LogP contribution in [0.3, 0.4) is 0 Å². The van der Waals surface area contributed by atoms with E-state index in [0.29, 0.717) is 12.0 Å². The summed E-state index contributed by atoms with van der Waals surface area (Å²) in [6, 6.07) is 5.95. The van der Waals surface area contributed by atoms with Gasteiger partial charge in [-0.25, -0.2) is 0 Å². The van der Waals surface area contributed by atoms with Gasteiger partial charge >= 0.3 is 0 Å². The molecule has 4 heteroatoms. The minimum absolute atomic E-state index is 0.00851. The second-order valence-electron chi connectivity index (χ2n) is 5.19. The molecule has 1 amide bonds. The normalized spacial score (nSPS) is 17.7. The molecular weight excluding hydrogens is 282 g/mol. The Labute approximate surface area is 130 Å². The lowest BCUT2D eigenvalue weighted by molar-refractivity contribution is 0.0938. The molecule has 1 atom stereocenters. The van der Waals surface area contributed by atoms with Crippen LogP contribution in [-0.2, 0) is 0 Å². The number of hydrogen-bond acceptors (Lipinski definition) is 3. The fraction of sp³-hybridized carbons (Fsp3) is 0.471. The summed E-state index contributed by atoms with van der Waals surface area (Å²) in [5.74, 6) is 8.05. The molecule has 1 heterocycles. The van der Waals surface area contributed by atoms with Crippen molar-refractivity contribution in [1.82, 2.24) is 5.32 Å². The third-order valence-electron chi connectivity index (χ3n) is 3.45. The zero-order chi connectivity index (χ0) is 15.1. The van der Waals surface area contributed by atoms with Gasteiger partial charge in [0, 0.05) is 29.3 Å². The van der Waals surface area contributed by atoms with E-state index in [0.717, 1.165) is 23.3 Å². The molecule has 1 aliphatic rings. The Morgan fingerprint density at radius 3 is 3.10 bits per heavy atom. The van der Waals surface area contributed by atoms with E-state index in [2.05, 4.69) is 17.2 Å². The van der Waals surface area contributed by atoms with Gasteiger partial charge in [0.25, 0.3) is 5.91 Å². The first-order valence-electron chi connectivity index (χ1n) is 7.29. The second kappa shape index (κ2) is 8.11. The van der Waals surface area contributed by atoms with Crippen molar-refractivity contribution < 1.29 is 9.90 Å². The fourth-order valence-corrected chi connectivity index (χ4v) is 3.35. The van der Waals surface area contributed by atoms with Gasteiger partial charge < -0.3 is 10.4 Å². The van der Waals surface area contributed by atoms with Crippen molar-refractivity contribution in [3.05, 3.63) is 34.9 Å². The predicted octanol–water partition coefficient (Wildman–Crippen LogP) is 2.35. The molecule has 21 heavy (non-hydrogen) atoms. The van der Waals surface area contributed by atoms with Gasteiger partial charge in [-0.3, -0.25) is 4.79 Å². The van der Waals surface area contributed by atoms with Crippen molar-refractivity contribution in [1.29, 1.82) is 0 Å². The number of benzene rings is 1. The number of carbonyl (C=O) groups excluding carboxylic acids is 1. The van der Waals surface area contributed by atoms with E-state index in [1.165, 1.54) is 12.2 Å². The highest BCUT2D eigenvalue weighted by molar-refractivity contribution is 7.99. The molecule has 112 valence electrons. The highest BCUT2D eigenvalue weighted by Crippen LogP contribution is 2.18. The van der Waals surface area contributed by atoms with Crippen LogP contribution in [0.25, 0.3) is 0 Å². The number of amides is 1. The molecular formula is C17H21NO2S. The number of nitrogens with one attached hydrogen (secondary N) is 1. The van der Waals surface area contributed by atoms with Gasteiger partial charge in [-0.05, 0) is 43.2 Å². The lowest BCUT2D eigenvalue weighted by Gasteiger charge is -2.22. The van der Waals surface area contributed by atoms with E-state index < -0.39 is 0 Å². The lowest BCUT2D eigenvalue weighted by Crippen LogP contribution is -2.38. The minimum atomic E-state index is -0.00851. The molecule has 1 aromatic carbocycles. The van der Waals surface area contributed by atoms with E-state index in [4.69, 9.17) is 5.11 Å². The summed E-state index contributed by atoms with van der Waals surface area (Å²) < 4.78 is 0. The molecule has 1 fully saturated rings. The van der Waals surface area contributed by atoms with E-state index in [-0.39, 0.29) is 18.6 Å². The number of hydrogen-bond donors (Lipinski definition) is 2. The Kier molecular flexibility index (Phi) is 6.16. The molecule has 3 nitrogen and oxygen atoms in total. The molecule has 0 saturated carbocycles. The van der Waals surface area contributed by atoms with Crippen molar-refractivity contribution >= 4 is 17.7 Å². The first-order valence-corrected chi connectivity index (χ1v) is 8.45. The van der Waals surface area contributed by atoms with E-state index in [1.54, 1.807) is 0 Å². The van der Waals surface area contributed by atoms with Gasteiger partial charge in [0.15, 0.2) is 0 Å². The van der Waals surface area contributed by atoms with E-state index >= 15 is 0 Å². The molecule has 0 radical (unpaired) electrons. The van der Waals surface area contributed by atoms with Crippen LogP contribution in [0.4, 0.5) is 0 Å². The third kappa shape index (κ3) is 4.80. The first kappa shape index (κ1) is 15.9. The summed E-state index contributed by atoms with van der Waals surface area (Å²) >= 11 is 1.90. The third-order valence-corrected chi connectivity index (χ3v) is 4.66. The summed E-state index contributed by atoms with van der Waals surface area (Å²) in [4.78, 5) is 12.4. The Hall–Kier alpha value is -1.44. The van der Waals surface area contributed by atoms with Crippen molar-refractivity contribution in [3.8, 4) is 11.8 Å². The van der Waals surface area contributed by atoms with Gasteiger partial charge in [0.05, 0.1) is 6.61 Å². The lowest BCUT2D eigenvalue weighted by atomic mass is 10.0. The molecule has 0 bridgehead atoms. The van der Waals surface area contributed by atoms with Gasteiger partial charge in [0.1, 0.15) is 0 Å². The van der Waals surface area contributed by atoms with Crippen LogP contribution in [-0.4, -0.2) is 35.2 Å². The van der Waals surface area contributed by atoms with Crippen molar-refractivity contribution in [2.45, 2.75) is 32.2 Å². The summed E-state index contributed by atoms with van der Waals surface area (Å²) in [5.41, 5.74) is 2.47. The smallest absolute Gasteiger partial charge is 0.251 e. The predicted molar refractivity (Wildman–Crippen MR) is 87.6 cm³/mol. The number of aryl methyl sites for hydroxylation is 1. The first-order chi connectivity index (χ1) is 10.2. The summed E-state index contributed by atoms with van der Waals surface area (Å²) in [7, 11) is 0. The molecule has 1 unspecified atom stereocenters. The van der Waals surface area contributed by atoms with Gasteiger partial charge in [-0.2, -0.15) is 11.8 Å². The van der Waals surface area contributed by atoms with E-state index in [1.807, 2.05) is 36.9 Å². The topological polar surface area (TPSA) is 49.3 Å². The zero-order valence-corrected chi connectivity index (χ0v) is 13.1. The number of thioether (sulfide) groups is 1. The van der Waals surface area contributed by atoms with Crippen LogP contribution in [0.2, 0.25) is 0 Å². The Balaban J connectivity index is 2.08. The average Bonchev–Trinajstić information content (AvgIpc) is 2.50. The Bertz CT molecular complexity index is 554. The molecule has 1 aromatic rings. The van der Waals surface area contributed by atoms with Crippen LogP contribution in [0.1, 0.15) is 40.7 Å². The van der Waals surface area contributed by atoms with Crippen LogP contribution in [0.15, 0.2) is 18.2 Å². The van der Waals surface area contributed by atoms with E-state index in [9.17, 15) is 4.79 Å². The SMILES string of the molecule is Cc1ccc(C#CCCO)cc1C(=O)NC1CCCSC1.